The van der Waals surface area contributed by atoms with E-state index in [9.17, 15) is 28.9 Å². The van der Waals surface area contributed by atoms with E-state index in [0.29, 0.717) is 25.7 Å². The molecule has 0 rings (SSSR count). The SMILES string of the molecule is CC/C=C\C/C=C\C/C=C\C/C=C\C/C=C\CCCC(=O)OC(COC(=O)CCCCCCC/C=C\C/C=C\C/C=C\CC)COP(=O)(O)OCC(CO)OC(=O)CCCCCCCCC/C=C\C/C=C\CCCCC. The number of carbonyl (C=O) groups excluding carboxylic acids is 3. The van der Waals surface area contributed by atoms with Crippen molar-refractivity contribution in [2.75, 3.05) is 26.4 Å². The van der Waals surface area contributed by atoms with Gasteiger partial charge in [0.1, 0.15) is 12.7 Å². The van der Waals surface area contributed by atoms with Crippen LogP contribution in [0.2, 0.25) is 0 Å². The second-order valence-electron chi connectivity index (χ2n) is 19.0. The molecular formula is C64H105O11P. The zero-order valence-electron chi connectivity index (χ0n) is 47.7. The van der Waals surface area contributed by atoms with Crippen LogP contribution in [0.25, 0.3) is 0 Å². The largest absolute Gasteiger partial charge is 0.472 e. The van der Waals surface area contributed by atoms with Gasteiger partial charge in [0.05, 0.1) is 19.8 Å². The maximum atomic E-state index is 12.9. The number of ether oxygens (including phenoxy) is 3. The summed E-state index contributed by atoms with van der Waals surface area (Å²) in [5.74, 6) is -1.57. The van der Waals surface area contributed by atoms with Gasteiger partial charge in [0.15, 0.2) is 6.10 Å². The number of rotatable bonds is 53. The molecule has 11 nitrogen and oxygen atoms in total. The molecule has 0 saturated carbocycles. The van der Waals surface area contributed by atoms with E-state index in [1.165, 1.54) is 38.5 Å². The number of unbranched alkanes of at least 4 members (excludes halogenated alkanes) is 16. The van der Waals surface area contributed by atoms with Gasteiger partial charge in [-0.25, -0.2) is 4.57 Å². The molecular weight excluding hydrogens is 976 g/mol. The first-order valence-electron chi connectivity index (χ1n) is 29.4. The van der Waals surface area contributed by atoms with Crippen molar-refractivity contribution >= 4 is 25.7 Å². The number of aliphatic hydroxyl groups excluding tert-OH is 1. The summed E-state index contributed by atoms with van der Waals surface area (Å²) in [6.07, 6.45) is 70.2. The molecule has 3 atom stereocenters. The minimum Gasteiger partial charge on any atom is -0.462 e. The third-order valence-electron chi connectivity index (χ3n) is 11.8. The Balaban J connectivity index is 4.83. The predicted molar refractivity (Wildman–Crippen MR) is 316 cm³/mol. The fourth-order valence-electron chi connectivity index (χ4n) is 7.44. The van der Waals surface area contributed by atoms with Crippen LogP contribution in [0.15, 0.2) is 122 Å². The standard InChI is InChI=1S/C64H105O11P/c1-4-7-10-13-16-19-22-25-28-30-33-36-39-42-45-48-51-54-63(67)74-60(56-65)58-72-76(69,70)73-59-61(57-71-62(66)53-50-47-44-41-38-35-32-27-24-21-18-15-12-9-6-3)75-64(68)55-52-49-46-43-40-37-34-31-29-26-23-20-17-14-11-8-5-2/h8-9,11-12,16-21,25-29,32,34,37,43,46,60-61,65H,4-7,10,13-15,22-24,30-31,33,35-36,38-42,44-45,47-59H2,1-3H3,(H,69,70)/b11-8-,12-9-,19-16-,20-17-,21-18-,28-25-,29-26-,32-27-,37-34-,46-43-. The van der Waals surface area contributed by atoms with Crippen molar-refractivity contribution in [3.63, 3.8) is 0 Å². The Labute approximate surface area is 462 Å². The Hall–Kier alpha value is -4.12. The lowest BCUT2D eigenvalue weighted by Crippen LogP contribution is -2.30. The molecule has 0 heterocycles. The second kappa shape index (κ2) is 57.1. The van der Waals surface area contributed by atoms with Gasteiger partial charge in [0.25, 0.3) is 0 Å². The normalized spacial score (nSPS) is 14.2. The molecule has 0 amide bonds. The number of aliphatic hydroxyl groups is 1. The summed E-state index contributed by atoms with van der Waals surface area (Å²) in [4.78, 5) is 48.6. The van der Waals surface area contributed by atoms with Gasteiger partial charge in [0.2, 0.25) is 0 Å². The quantitative estimate of drug-likeness (QED) is 0.0197. The Morgan fingerprint density at radius 3 is 1.11 bits per heavy atom. The van der Waals surface area contributed by atoms with Crippen molar-refractivity contribution in [3.05, 3.63) is 122 Å². The Kier molecular flexibility index (Phi) is 54.0. The smallest absolute Gasteiger partial charge is 0.462 e. The molecule has 0 aliphatic rings. The number of phosphoric ester groups is 1. The minimum atomic E-state index is -4.78. The van der Waals surface area contributed by atoms with Gasteiger partial charge < -0.3 is 24.2 Å². The lowest BCUT2D eigenvalue weighted by Gasteiger charge is -2.21. The number of phosphoric acid groups is 1. The number of hydrogen-bond donors (Lipinski definition) is 2. The van der Waals surface area contributed by atoms with Crippen molar-refractivity contribution in [2.24, 2.45) is 0 Å². The Bertz CT molecular complexity index is 1740. The molecule has 12 heteroatoms. The van der Waals surface area contributed by atoms with E-state index in [-0.39, 0.29) is 25.9 Å². The molecule has 0 saturated heterocycles. The van der Waals surface area contributed by atoms with Crippen LogP contribution in [0.4, 0.5) is 0 Å². The van der Waals surface area contributed by atoms with E-state index >= 15 is 0 Å². The zero-order chi connectivity index (χ0) is 55.5. The molecule has 0 fully saturated rings. The summed E-state index contributed by atoms with van der Waals surface area (Å²) in [7, 11) is -4.78. The Morgan fingerprint density at radius 2 is 0.697 bits per heavy atom. The second-order valence-corrected chi connectivity index (χ2v) is 20.5. The maximum absolute atomic E-state index is 12.9. The van der Waals surface area contributed by atoms with Crippen LogP contribution in [-0.2, 0) is 42.2 Å². The highest BCUT2D eigenvalue weighted by Gasteiger charge is 2.28. The van der Waals surface area contributed by atoms with E-state index in [4.69, 9.17) is 23.3 Å². The lowest BCUT2D eigenvalue weighted by molar-refractivity contribution is -0.161. The van der Waals surface area contributed by atoms with E-state index in [1.54, 1.807) is 0 Å². The summed E-state index contributed by atoms with van der Waals surface area (Å²) >= 11 is 0. The maximum Gasteiger partial charge on any atom is 0.472 e. The molecule has 0 aromatic carbocycles. The fraction of sp³-hybridized carbons (Fsp3) is 0.641. The van der Waals surface area contributed by atoms with E-state index in [1.807, 2.05) is 12.2 Å². The predicted octanol–water partition coefficient (Wildman–Crippen LogP) is 17.6. The zero-order valence-corrected chi connectivity index (χ0v) is 48.6. The Morgan fingerprint density at radius 1 is 0.382 bits per heavy atom. The first kappa shape index (κ1) is 71.9. The number of carbonyl (C=O) groups is 3. The number of hydrogen-bond acceptors (Lipinski definition) is 10. The molecule has 0 aromatic rings. The highest BCUT2D eigenvalue weighted by atomic mass is 31.2. The topological polar surface area (TPSA) is 155 Å². The molecule has 0 aromatic heterocycles. The number of allylic oxidation sites excluding steroid dienone is 20. The van der Waals surface area contributed by atoms with Gasteiger partial charge in [-0.2, -0.15) is 0 Å². The average Bonchev–Trinajstić information content (AvgIpc) is 3.41. The highest BCUT2D eigenvalue weighted by Crippen LogP contribution is 2.43. The van der Waals surface area contributed by atoms with Gasteiger partial charge in [-0.05, 0) is 122 Å². The lowest BCUT2D eigenvalue weighted by atomic mass is 10.1. The summed E-state index contributed by atoms with van der Waals surface area (Å²) < 4.78 is 39.5. The van der Waals surface area contributed by atoms with E-state index < -0.39 is 57.8 Å². The molecule has 76 heavy (non-hydrogen) atoms. The van der Waals surface area contributed by atoms with Crippen molar-refractivity contribution in [1.82, 2.24) is 0 Å². The summed E-state index contributed by atoms with van der Waals surface area (Å²) in [5.41, 5.74) is 0. The van der Waals surface area contributed by atoms with Gasteiger partial charge in [0, 0.05) is 19.3 Å². The van der Waals surface area contributed by atoms with Crippen LogP contribution in [0.5, 0.6) is 0 Å². The van der Waals surface area contributed by atoms with Crippen molar-refractivity contribution in [1.29, 1.82) is 0 Å². The van der Waals surface area contributed by atoms with Crippen LogP contribution in [0, 0.1) is 0 Å². The first-order chi connectivity index (χ1) is 37.2. The van der Waals surface area contributed by atoms with E-state index in [2.05, 4.69) is 130 Å². The fourth-order valence-corrected chi connectivity index (χ4v) is 8.22. The molecule has 0 radical (unpaired) electrons. The molecule has 0 bridgehead atoms. The van der Waals surface area contributed by atoms with Crippen LogP contribution in [0.3, 0.4) is 0 Å². The molecule has 0 aliphatic heterocycles. The summed E-state index contributed by atoms with van der Waals surface area (Å²) in [5, 5.41) is 9.83. The highest BCUT2D eigenvalue weighted by molar-refractivity contribution is 7.47. The van der Waals surface area contributed by atoms with Gasteiger partial charge in [-0.1, -0.05) is 206 Å². The molecule has 3 unspecified atom stereocenters. The minimum absolute atomic E-state index is 0.0787. The van der Waals surface area contributed by atoms with Crippen molar-refractivity contribution in [3.8, 4) is 0 Å². The van der Waals surface area contributed by atoms with Crippen LogP contribution < -0.4 is 0 Å². The van der Waals surface area contributed by atoms with Crippen molar-refractivity contribution in [2.45, 2.75) is 238 Å². The van der Waals surface area contributed by atoms with E-state index in [0.717, 1.165) is 122 Å². The van der Waals surface area contributed by atoms with Crippen LogP contribution in [-0.4, -0.2) is 66.5 Å². The van der Waals surface area contributed by atoms with Crippen molar-refractivity contribution < 1.29 is 52.2 Å². The molecule has 2 N–H and O–H groups in total. The summed E-state index contributed by atoms with van der Waals surface area (Å²) in [6.45, 7) is 4.29. The van der Waals surface area contributed by atoms with Gasteiger partial charge >= 0.3 is 25.7 Å². The average molecular weight is 1080 g/mol. The third kappa shape index (κ3) is 54.7. The summed E-state index contributed by atoms with van der Waals surface area (Å²) in [6, 6.07) is 0. The number of esters is 3. The van der Waals surface area contributed by atoms with Gasteiger partial charge in [-0.15, -0.1) is 0 Å². The van der Waals surface area contributed by atoms with Gasteiger partial charge in [-0.3, -0.25) is 23.4 Å². The molecule has 0 aliphatic carbocycles. The van der Waals surface area contributed by atoms with Crippen LogP contribution >= 0.6 is 7.82 Å². The first-order valence-corrected chi connectivity index (χ1v) is 30.9. The molecule has 0 spiro atoms. The monoisotopic (exact) mass is 1080 g/mol. The third-order valence-corrected chi connectivity index (χ3v) is 12.8. The molecule has 432 valence electrons. The van der Waals surface area contributed by atoms with Crippen LogP contribution in [0.1, 0.15) is 226 Å².